The Bertz CT molecular complexity index is 276. The second-order valence-corrected chi connectivity index (χ2v) is 4.80. The van der Waals surface area contributed by atoms with Gasteiger partial charge in [0.15, 0.2) is 0 Å². The lowest BCUT2D eigenvalue weighted by atomic mass is 10.2. The molecule has 1 nitrogen and oxygen atoms in total. The van der Waals surface area contributed by atoms with Crippen LogP contribution in [0.3, 0.4) is 0 Å². The highest BCUT2D eigenvalue weighted by Crippen LogP contribution is 2.17. The lowest BCUT2D eigenvalue weighted by Gasteiger charge is -2.19. The van der Waals surface area contributed by atoms with Gasteiger partial charge in [0, 0.05) is 22.9 Å². The minimum atomic E-state index is 1.02. The molecule has 1 aromatic rings. The van der Waals surface area contributed by atoms with E-state index in [2.05, 4.69) is 61.9 Å². The summed E-state index contributed by atoms with van der Waals surface area (Å²) in [7, 11) is 0. The van der Waals surface area contributed by atoms with E-state index in [4.69, 9.17) is 0 Å². The SMILES string of the molecule is CCN(CCBr)Cc1ccccc1Br. The van der Waals surface area contributed by atoms with E-state index < -0.39 is 0 Å². The van der Waals surface area contributed by atoms with E-state index in [0.717, 1.165) is 25.0 Å². The molecule has 78 valence electrons. The maximum atomic E-state index is 3.57. The van der Waals surface area contributed by atoms with Crippen molar-refractivity contribution in [1.29, 1.82) is 0 Å². The molecule has 0 aromatic heterocycles. The minimum absolute atomic E-state index is 1.02. The van der Waals surface area contributed by atoms with Crippen LogP contribution in [0, 0.1) is 0 Å². The molecule has 0 unspecified atom stereocenters. The number of hydrogen-bond acceptors (Lipinski definition) is 1. The van der Waals surface area contributed by atoms with Crippen molar-refractivity contribution in [3.63, 3.8) is 0 Å². The molecule has 0 heterocycles. The molecule has 0 N–H and O–H groups in total. The first-order valence-electron chi connectivity index (χ1n) is 4.79. The van der Waals surface area contributed by atoms with E-state index >= 15 is 0 Å². The maximum Gasteiger partial charge on any atom is 0.0245 e. The lowest BCUT2D eigenvalue weighted by Crippen LogP contribution is -2.24. The molecule has 0 aliphatic carbocycles. The highest BCUT2D eigenvalue weighted by molar-refractivity contribution is 9.10. The fourth-order valence-electron chi connectivity index (χ4n) is 1.34. The molecule has 0 spiro atoms. The number of alkyl halides is 1. The Kier molecular flexibility index (Phi) is 5.75. The van der Waals surface area contributed by atoms with Crippen LogP contribution in [0.4, 0.5) is 0 Å². The Balaban J connectivity index is 2.62. The van der Waals surface area contributed by atoms with E-state index in [-0.39, 0.29) is 0 Å². The van der Waals surface area contributed by atoms with Crippen LogP contribution in [-0.4, -0.2) is 23.3 Å². The maximum absolute atomic E-state index is 3.57. The largest absolute Gasteiger partial charge is 0.298 e. The summed E-state index contributed by atoms with van der Waals surface area (Å²) in [6.07, 6.45) is 0. The molecular formula is C11H15Br2N. The predicted molar refractivity (Wildman–Crippen MR) is 68.9 cm³/mol. The van der Waals surface area contributed by atoms with Gasteiger partial charge < -0.3 is 0 Å². The Morgan fingerprint density at radius 3 is 2.57 bits per heavy atom. The highest BCUT2D eigenvalue weighted by atomic mass is 79.9. The molecule has 0 bridgehead atoms. The standard InChI is InChI=1S/C11H15Br2N/c1-2-14(8-7-12)9-10-5-3-4-6-11(10)13/h3-6H,2,7-9H2,1H3. The van der Waals surface area contributed by atoms with Crippen LogP contribution in [0.5, 0.6) is 0 Å². The van der Waals surface area contributed by atoms with Crippen molar-refractivity contribution in [3.05, 3.63) is 34.3 Å². The fourth-order valence-corrected chi connectivity index (χ4v) is 2.25. The normalized spacial score (nSPS) is 10.9. The van der Waals surface area contributed by atoms with Gasteiger partial charge in [-0.3, -0.25) is 4.90 Å². The molecule has 1 aromatic carbocycles. The second-order valence-electron chi connectivity index (χ2n) is 3.15. The summed E-state index contributed by atoms with van der Waals surface area (Å²) < 4.78 is 1.20. The van der Waals surface area contributed by atoms with Gasteiger partial charge in [-0.25, -0.2) is 0 Å². The first kappa shape index (κ1) is 12.2. The summed E-state index contributed by atoms with van der Waals surface area (Å²) in [6, 6.07) is 8.40. The van der Waals surface area contributed by atoms with Crippen molar-refractivity contribution in [1.82, 2.24) is 4.90 Å². The molecule has 0 saturated carbocycles. The Morgan fingerprint density at radius 2 is 2.00 bits per heavy atom. The molecule has 3 heteroatoms. The predicted octanol–water partition coefficient (Wildman–Crippen LogP) is 3.67. The highest BCUT2D eigenvalue weighted by Gasteiger charge is 2.04. The van der Waals surface area contributed by atoms with Gasteiger partial charge in [0.1, 0.15) is 0 Å². The Morgan fingerprint density at radius 1 is 1.29 bits per heavy atom. The molecule has 0 fully saturated rings. The summed E-state index contributed by atoms with van der Waals surface area (Å²) in [6.45, 7) is 5.40. The monoisotopic (exact) mass is 319 g/mol. The quantitative estimate of drug-likeness (QED) is 0.748. The van der Waals surface area contributed by atoms with Gasteiger partial charge in [-0.05, 0) is 18.2 Å². The van der Waals surface area contributed by atoms with Gasteiger partial charge in [-0.15, -0.1) is 0 Å². The third-order valence-electron chi connectivity index (χ3n) is 2.20. The molecule has 1 rings (SSSR count). The smallest absolute Gasteiger partial charge is 0.0245 e. The molecule has 0 radical (unpaired) electrons. The third kappa shape index (κ3) is 3.71. The zero-order chi connectivity index (χ0) is 10.4. The van der Waals surface area contributed by atoms with Crippen LogP contribution in [0.2, 0.25) is 0 Å². The molecule has 0 saturated heterocycles. The lowest BCUT2D eigenvalue weighted by molar-refractivity contribution is 0.298. The first-order chi connectivity index (χ1) is 6.77. The molecule has 0 aliphatic heterocycles. The summed E-state index contributed by atoms with van der Waals surface area (Å²) in [5, 5.41) is 1.03. The van der Waals surface area contributed by atoms with E-state index in [1.54, 1.807) is 0 Å². The van der Waals surface area contributed by atoms with Crippen molar-refractivity contribution in [2.45, 2.75) is 13.5 Å². The average Bonchev–Trinajstić information content (AvgIpc) is 2.20. The van der Waals surface area contributed by atoms with Gasteiger partial charge in [-0.1, -0.05) is 57.0 Å². The zero-order valence-corrected chi connectivity index (χ0v) is 11.5. The molecular weight excluding hydrogens is 306 g/mol. The first-order valence-corrected chi connectivity index (χ1v) is 6.71. The number of hydrogen-bond donors (Lipinski definition) is 0. The number of benzene rings is 1. The summed E-state index contributed by atoms with van der Waals surface area (Å²) in [5.74, 6) is 0. The second kappa shape index (κ2) is 6.59. The molecule has 0 aliphatic rings. The third-order valence-corrected chi connectivity index (χ3v) is 3.33. The number of rotatable bonds is 5. The van der Waals surface area contributed by atoms with Crippen molar-refractivity contribution in [2.75, 3.05) is 18.4 Å². The average molecular weight is 321 g/mol. The van der Waals surface area contributed by atoms with Gasteiger partial charge >= 0.3 is 0 Å². The Hall–Kier alpha value is 0.140. The van der Waals surface area contributed by atoms with Crippen LogP contribution in [-0.2, 0) is 6.54 Å². The summed E-state index contributed by atoms with van der Waals surface area (Å²) in [4.78, 5) is 2.41. The summed E-state index contributed by atoms with van der Waals surface area (Å²) in [5.41, 5.74) is 1.36. The van der Waals surface area contributed by atoms with Crippen molar-refractivity contribution in [3.8, 4) is 0 Å². The van der Waals surface area contributed by atoms with E-state index in [0.29, 0.717) is 0 Å². The van der Waals surface area contributed by atoms with Gasteiger partial charge in [0.05, 0.1) is 0 Å². The summed E-state index contributed by atoms with van der Waals surface area (Å²) >= 11 is 7.04. The van der Waals surface area contributed by atoms with E-state index in [1.165, 1.54) is 10.0 Å². The van der Waals surface area contributed by atoms with E-state index in [9.17, 15) is 0 Å². The van der Waals surface area contributed by atoms with Crippen LogP contribution in [0.25, 0.3) is 0 Å². The fraction of sp³-hybridized carbons (Fsp3) is 0.455. The van der Waals surface area contributed by atoms with Crippen LogP contribution < -0.4 is 0 Å². The topological polar surface area (TPSA) is 3.24 Å². The van der Waals surface area contributed by atoms with Crippen LogP contribution >= 0.6 is 31.9 Å². The molecule has 0 amide bonds. The number of halogens is 2. The van der Waals surface area contributed by atoms with Crippen molar-refractivity contribution in [2.24, 2.45) is 0 Å². The van der Waals surface area contributed by atoms with Crippen molar-refractivity contribution < 1.29 is 0 Å². The van der Waals surface area contributed by atoms with E-state index in [1.807, 2.05) is 6.07 Å². The van der Waals surface area contributed by atoms with Crippen molar-refractivity contribution >= 4 is 31.9 Å². The van der Waals surface area contributed by atoms with Gasteiger partial charge in [-0.2, -0.15) is 0 Å². The van der Waals surface area contributed by atoms with Crippen LogP contribution in [0.15, 0.2) is 28.7 Å². The van der Waals surface area contributed by atoms with Gasteiger partial charge in [0.2, 0.25) is 0 Å². The Labute approximate surface area is 103 Å². The van der Waals surface area contributed by atoms with Crippen LogP contribution in [0.1, 0.15) is 12.5 Å². The number of nitrogens with zero attached hydrogens (tertiary/aromatic N) is 1. The zero-order valence-electron chi connectivity index (χ0n) is 8.34. The molecule has 14 heavy (non-hydrogen) atoms. The molecule has 0 atom stereocenters. The van der Waals surface area contributed by atoms with Gasteiger partial charge in [0.25, 0.3) is 0 Å². The minimum Gasteiger partial charge on any atom is -0.298 e.